The first-order valence-corrected chi connectivity index (χ1v) is 7.46. The van der Waals surface area contributed by atoms with Crippen LogP contribution in [0.2, 0.25) is 0 Å². The van der Waals surface area contributed by atoms with Crippen molar-refractivity contribution in [2.45, 2.75) is 43.9 Å². The van der Waals surface area contributed by atoms with Crippen molar-refractivity contribution in [2.24, 2.45) is 0 Å². The van der Waals surface area contributed by atoms with Crippen molar-refractivity contribution in [1.82, 2.24) is 10.6 Å². The summed E-state index contributed by atoms with van der Waals surface area (Å²) in [6, 6.07) is -0.611. The monoisotopic (exact) mass is 287 g/mol. The highest BCUT2D eigenvalue weighted by Crippen LogP contribution is 2.27. The standard InChI is InChI=1S/C13H25N3O4/c1-2-13(10-15-4-6-20-13)8-11(16(17)18)7-12-9-14-3-5-19-12/h11-12,14-15H,2-10H2,1H3. The summed E-state index contributed by atoms with van der Waals surface area (Å²) in [4.78, 5) is 11.2. The van der Waals surface area contributed by atoms with Gasteiger partial charge in [0.2, 0.25) is 6.04 Å². The van der Waals surface area contributed by atoms with Gasteiger partial charge in [0.25, 0.3) is 0 Å². The number of nitro groups is 1. The van der Waals surface area contributed by atoms with Crippen molar-refractivity contribution in [3.8, 4) is 0 Å². The van der Waals surface area contributed by atoms with Crippen LogP contribution >= 0.6 is 0 Å². The lowest BCUT2D eigenvalue weighted by Crippen LogP contribution is -2.52. The summed E-state index contributed by atoms with van der Waals surface area (Å²) in [6.45, 7) is 6.32. The third-order valence-corrected chi connectivity index (χ3v) is 4.22. The van der Waals surface area contributed by atoms with E-state index < -0.39 is 11.6 Å². The molecule has 0 spiro atoms. The average Bonchev–Trinajstić information content (AvgIpc) is 2.48. The summed E-state index contributed by atoms with van der Waals surface area (Å²) in [7, 11) is 0. The molecule has 3 unspecified atom stereocenters. The fraction of sp³-hybridized carbons (Fsp3) is 1.00. The van der Waals surface area contributed by atoms with Gasteiger partial charge in [0.15, 0.2) is 0 Å². The third kappa shape index (κ3) is 4.12. The molecule has 2 saturated heterocycles. The Kier molecular flexibility index (Phi) is 5.71. The SMILES string of the molecule is CCC1(CC(CC2CNCCO2)[N+](=O)[O-])CNCCO1. The molecular formula is C13H25N3O4. The molecule has 2 N–H and O–H groups in total. The maximum absolute atomic E-state index is 11.4. The lowest BCUT2D eigenvalue weighted by molar-refractivity contribution is -0.530. The maximum atomic E-state index is 11.4. The highest BCUT2D eigenvalue weighted by molar-refractivity contribution is 4.88. The van der Waals surface area contributed by atoms with Crippen molar-refractivity contribution >= 4 is 0 Å². The van der Waals surface area contributed by atoms with Gasteiger partial charge in [-0.15, -0.1) is 0 Å². The molecule has 0 aromatic carbocycles. The van der Waals surface area contributed by atoms with Crippen LogP contribution in [0.15, 0.2) is 0 Å². The Morgan fingerprint density at radius 1 is 1.40 bits per heavy atom. The Bertz CT molecular complexity index is 315. The van der Waals surface area contributed by atoms with Crippen LogP contribution in [0.25, 0.3) is 0 Å². The maximum Gasteiger partial charge on any atom is 0.218 e. The Hall–Kier alpha value is -0.760. The number of hydrogen-bond donors (Lipinski definition) is 2. The molecule has 0 aliphatic carbocycles. The van der Waals surface area contributed by atoms with Crippen molar-refractivity contribution in [2.75, 3.05) is 39.4 Å². The smallest absolute Gasteiger partial charge is 0.218 e. The van der Waals surface area contributed by atoms with Crippen LogP contribution in [0.5, 0.6) is 0 Å². The number of nitrogens with zero attached hydrogens (tertiary/aromatic N) is 1. The van der Waals surface area contributed by atoms with Gasteiger partial charge in [-0.1, -0.05) is 6.92 Å². The molecule has 7 heteroatoms. The Balaban J connectivity index is 1.94. The van der Waals surface area contributed by atoms with Gasteiger partial charge < -0.3 is 20.1 Å². The molecule has 2 rings (SSSR count). The van der Waals surface area contributed by atoms with E-state index in [4.69, 9.17) is 9.47 Å². The highest BCUT2D eigenvalue weighted by atomic mass is 16.6. The van der Waals surface area contributed by atoms with Gasteiger partial charge in [-0.25, -0.2) is 0 Å². The van der Waals surface area contributed by atoms with Crippen molar-refractivity contribution in [3.63, 3.8) is 0 Å². The van der Waals surface area contributed by atoms with E-state index in [2.05, 4.69) is 10.6 Å². The van der Waals surface area contributed by atoms with E-state index >= 15 is 0 Å². The summed E-state index contributed by atoms with van der Waals surface area (Å²) in [5.41, 5.74) is -0.405. The fourth-order valence-corrected chi connectivity index (χ4v) is 2.96. The van der Waals surface area contributed by atoms with Gasteiger partial charge in [-0.3, -0.25) is 10.1 Å². The largest absolute Gasteiger partial charge is 0.375 e. The minimum absolute atomic E-state index is 0.0652. The van der Waals surface area contributed by atoms with Crippen molar-refractivity contribution in [1.29, 1.82) is 0 Å². The van der Waals surface area contributed by atoms with Gasteiger partial charge in [-0.05, 0) is 6.42 Å². The van der Waals surface area contributed by atoms with Crippen molar-refractivity contribution < 1.29 is 14.4 Å². The molecule has 20 heavy (non-hydrogen) atoms. The predicted molar refractivity (Wildman–Crippen MR) is 74.5 cm³/mol. The number of rotatable bonds is 6. The molecule has 0 bridgehead atoms. The number of hydrogen-bond acceptors (Lipinski definition) is 6. The summed E-state index contributed by atoms with van der Waals surface area (Å²) in [5, 5.41) is 17.9. The van der Waals surface area contributed by atoms with Crippen LogP contribution in [-0.4, -0.2) is 62.1 Å². The van der Waals surface area contributed by atoms with Crippen LogP contribution in [0.4, 0.5) is 0 Å². The first kappa shape index (κ1) is 15.6. The van der Waals surface area contributed by atoms with E-state index in [-0.39, 0.29) is 11.0 Å². The van der Waals surface area contributed by atoms with Gasteiger partial charge in [0, 0.05) is 43.9 Å². The molecule has 116 valence electrons. The zero-order valence-corrected chi connectivity index (χ0v) is 12.1. The minimum atomic E-state index is -0.611. The van der Waals surface area contributed by atoms with Crippen LogP contribution in [-0.2, 0) is 9.47 Å². The lowest BCUT2D eigenvalue weighted by Gasteiger charge is -2.38. The molecular weight excluding hydrogens is 262 g/mol. The van der Waals surface area contributed by atoms with Crippen LogP contribution in [0.3, 0.4) is 0 Å². The van der Waals surface area contributed by atoms with E-state index in [1.165, 1.54) is 0 Å². The second-order valence-electron chi connectivity index (χ2n) is 5.64. The Morgan fingerprint density at radius 2 is 2.20 bits per heavy atom. The second kappa shape index (κ2) is 7.31. The molecule has 7 nitrogen and oxygen atoms in total. The molecule has 2 aliphatic rings. The van der Waals surface area contributed by atoms with Crippen LogP contribution in [0.1, 0.15) is 26.2 Å². The van der Waals surface area contributed by atoms with E-state index in [0.29, 0.717) is 39.1 Å². The summed E-state index contributed by atoms with van der Waals surface area (Å²) in [5.74, 6) is 0. The molecule has 3 atom stereocenters. The van der Waals surface area contributed by atoms with Gasteiger partial charge in [-0.2, -0.15) is 0 Å². The van der Waals surface area contributed by atoms with Gasteiger partial charge >= 0.3 is 0 Å². The third-order valence-electron chi connectivity index (χ3n) is 4.22. The van der Waals surface area contributed by atoms with E-state index in [9.17, 15) is 10.1 Å². The zero-order valence-electron chi connectivity index (χ0n) is 12.1. The average molecular weight is 287 g/mol. The summed E-state index contributed by atoms with van der Waals surface area (Å²) >= 11 is 0. The van der Waals surface area contributed by atoms with E-state index in [1.54, 1.807) is 0 Å². The Labute approximate surface area is 119 Å². The van der Waals surface area contributed by atoms with E-state index in [0.717, 1.165) is 19.5 Å². The number of nitrogens with one attached hydrogen (secondary N) is 2. The van der Waals surface area contributed by atoms with Gasteiger partial charge in [0.05, 0.1) is 24.9 Å². The molecule has 2 aliphatic heterocycles. The minimum Gasteiger partial charge on any atom is -0.375 e. The lowest BCUT2D eigenvalue weighted by atomic mass is 9.88. The first-order chi connectivity index (χ1) is 9.65. The molecule has 2 heterocycles. The highest BCUT2D eigenvalue weighted by Gasteiger charge is 2.39. The predicted octanol–water partition coefficient (Wildman–Crippen LogP) is 0.169. The number of morpholine rings is 2. The summed E-state index contributed by atoms with van der Waals surface area (Å²) in [6.07, 6.45) is 1.62. The molecule has 0 aromatic rings. The second-order valence-corrected chi connectivity index (χ2v) is 5.64. The topological polar surface area (TPSA) is 85.7 Å². The first-order valence-electron chi connectivity index (χ1n) is 7.46. The number of ether oxygens (including phenoxy) is 2. The van der Waals surface area contributed by atoms with Crippen LogP contribution in [0, 0.1) is 10.1 Å². The Morgan fingerprint density at radius 3 is 2.75 bits per heavy atom. The van der Waals surface area contributed by atoms with E-state index in [1.807, 2.05) is 6.92 Å². The molecule has 2 fully saturated rings. The zero-order chi connectivity index (χ0) is 14.4. The molecule has 0 saturated carbocycles. The summed E-state index contributed by atoms with van der Waals surface area (Å²) < 4.78 is 11.5. The molecule has 0 radical (unpaired) electrons. The van der Waals surface area contributed by atoms with Crippen molar-refractivity contribution in [3.05, 3.63) is 10.1 Å². The van der Waals surface area contributed by atoms with Gasteiger partial charge in [0.1, 0.15) is 0 Å². The normalized spacial score (nSPS) is 32.8. The molecule has 0 amide bonds. The quantitative estimate of drug-likeness (QED) is 0.535. The fourth-order valence-electron chi connectivity index (χ4n) is 2.96. The van der Waals surface area contributed by atoms with Crippen LogP contribution < -0.4 is 10.6 Å². The molecule has 0 aromatic heterocycles.